The number of hydrogen-bond acceptors (Lipinski definition) is 6. The van der Waals surface area contributed by atoms with E-state index in [1.54, 1.807) is 11.0 Å². The second-order valence-corrected chi connectivity index (χ2v) is 5.58. The zero-order valence-corrected chi connectivity index (χ0v) is 13.0. The van der Waals surface area contributed by atoms with Crippen LogP contribution in [0.3, 0.4) is 0 Å². The van der Waals surface area contributed by atoms with Gasteiger partial charge in [0.25, 0.3) is 0 Å². The van der Waals surface area contributed by atoms with E-state index in [4.69, 9.17) is 0 Å². The Morgan fingerprint density at radius 3 is 3.14 bits per heavy atom. The van der Waals surface area contributed by atoms with Gasteiger partial charge in [-0.15, -0.1) is 0 Å². The van der Waals surface area contributed by atoms with Crippen molar-refractivity contribution in [2.24, 2.45) is 5.10 Å². The number of hydrogen-bond donors (Lipinski definition) is 1. The quantitative estimate of drug-likeness (QED) is 0.818. The highest BCUT2D eigenvalue weighted by Crippen LogP contribution is 2.24. The van der Waals surface area contributed by atoms with Crippen molar-refractivity contribution in [3.63, 3.8) is 0 Å². The van der Waals surface area contributed by atoms with Gasteiger partial charge in [-0.3, -0.25) is 0 Å². The molecule has 0 aliphatic carbocycles. The Labute approximate surface area is 130 Å². The minimum absolute atomic E-state index is 0.663. The number of aromatic nitrogens is 4. The number of nitrogens with zero attached hydrogens (tertiary/aromatic N) is 6. The second kappa shape index (κ2) is 6.65. The first-order chi connectivity index (χ1) is 10.7. The van der Waals surface area contributed by atoms with Crippen molar-refractivity contribution in [1.82, 2.24) is 24.8 Å². The van der Waals surface area contributed by atoms with Crippen molar-refractivity contribution >= 4 is 12.2 Å². The van der Waals surface area contributed by atoms with Crippen LogP contribution >= 0.6 is 0 Å². The van der Waals surface area contributed by atoms with Gasteiger partial charge < -0.3 is 10.2 Å². The summed E-state index contributed by atoms with van der Waals surface area (Å²) in [5, 5.41) is 11.8. The summed E-state index contributed by atoms with van der Waals surface area (Å²) in [4.78, 5) is 12.7. The molecule has 0 spiro atoms. The van der Waals surface area contributed by atoms with Gasteiger partial charge >= 0.3 is 0 Å². The third-order valence-corrected chi connectivity index (χ3v) is 3.55. The van der Waals surface area contributed by atoms with Gasteiger partial charge in [0.1, 0.15) is 0 Å². The minimum atomic E-state index is 0.663. The number of nitrogens with one attached hydrogen (secondary N) is 1. The first-order valence-corrected chi connectivity index (χ1v) is 7.56. The lowest BCUT2D eigenvalue weighted by molar-refractivity contribution is 0.405. The van der Waals surface area contributed by atoms with E-state index in [-0.39, 0.29) is 0 Å². The first kappa shape index (κ1) is 14.6. The van der Waals surface area contributed by atoms with Crippen LogP contribution in [-0.2, 0) is 6.42 Å². The van der Waals surface area contributed by atoms with Crippen molar-refractivity contribution in [3.05, 3.63) is 24.2 Å². The van der Waals surface area contributed by atoms with Gasteiger partial charge in [0.2, 0.25) is 5.95 Å². The van der Waals surface area contributed by atoms with Gasteiger partial charge in [-0.05, 0) is 46.0 Å². The van der Waals surface area contributed by atoms with Crippen molar-refractivity contribution < 1.29 is 0 Å². The van der Waals surface area contributed by atoms with Crippen LogP contribution in [0.5, 0.6) is 0 Å². The monoisotopic (exact) mass is 299 g/mol. The Morgan fingerprint density at radius 2 is 2.27 bits per heavy atom. The Balaban J connectivity index is 1.71. The SMILES string of the molecule is CN(C)CCCNc1nccc(-c2cnn3c2CCC=N3)n1. The molecule has 0 aromatic carbocycles. The molecule has 1 N–H and O–H groups in total. The molecule has 0 radical (unpaired) electrons. The highest BCUT2D eigenvalue weighted by atomic mass is 15.5. The highest BCUT2D eigenvalue weighted by Gasteiger charge is 2.15. The fraction of sp³-hybridized carbons (Fsp3) is 0.467. The number of fused-ring (bicyclic) bond motifs is 1. The normalized spacial score (nSPS) is 13.4. The summed E-state index contributed by atoms with van der Waals surface area (Å²) in [6.45, 7) is 1.90. The third-order valence-electron chi connectivity index (χ3n) is 3.55. The van der Waals surface area contributed by atoms with Crippen LogP contribution in [0.4, 0.5) is 5.95 Å². The summed E-state index contributed by atoms with van der Waals surface area (Å²) in [5.41, 5.74) is 3.04. The predicted octanol–water partition coefficient (Wildman–Crippen LogP) is 1.48. The van der Waals surface area contributed by atoms with Gasteiger partial charge in [0, 0.05) is 24.5 Å². The van der Waals surface area contributed by atoms with E-state index in [0.29, 0.717) is 5.95 Å². The predicted molar refractivity (Wildman–Crippen MR) is 87.1 cm³/mol. The molecule has 0 atom stereocenters. The number of anilines is 1. The van der Waals surface area contributed by atoms with E-state index in [9.17, 15) is 0 Å². The van der Waals surface area contributed by atoms with E-state index >= 15 is 0 Å². The summed E-state index contributed by atoms with van der Waals surface area (Å²) < 4.78 is 0. The molecule has 7 heteroatoms. The molecule has 0 fully saturated rings. The van der Waals surface area contributed by atoms with Crippen LogP contribution in [0.1, 0.15) is 18.5 Å². The van der Waals surface area contributed by atoms with Crippen LogP contribution in [0.2, 0.25) is 0 Å². The third kappa shape index (κ3) is 3.30. The van der Waals surface area contributed by atoms with E-state index in [0.717, 1.165) is 49.3 Å². The average Bonchev–Trinajstić information content (AvgIpc) is 2.96. The highest BCUT2D eigenvalue weighted by molar-refractivity contribution is 5.66. The molecule has 3 heterocycles. The largest absolute Gasteiger partial charge is 0.354 e. The van der Waals surface area contributed by atoms with Gasteiger partial charge in [0.05, 0.1) is 17.6 Å². The molecule has 116 valence electrons. The average molecular weight is 299 g/mol. The molecule has 0 saturated carbocycles. The molecule has 1 aliphatic rings. The molecular formula is C15H21N7. The second-order valence-electron chi connectivity index (χ2n) is 5.58. The summed E-state index contributed by atoms with van der Waals surface area (Å²) in [6.07, 6.45) is 8.44. The van der Waals surface area contributed by atoms with Crippen molar-refractivity contribution in [2.75, 3.05) is 32.5 Å². The summed E-state index contributed by atoms with van der Waals surface area (Å²) >= 11 is 0. The molecule has 7 nitrogen and oxygen atoms in total. The Kier molecular flexibility index (Phi) is 4.43. The minimum Gasteiger partial charge on any atom is -0.354 e. The first-order valence-electron chi connectivity index (χ1n) is 7.56. The molecule has 22 heavy (non-hydrogen) atoms. The molecular weight excluding hydrogens is 278 g/mol. The molecule has 0 bridgehead atoms. The smallest absolute Gasteiger partial charge is 0.223 e. The van der Waals surface area contributed by atoms with E-state index in [1.165, 1.54) is 0 Å². The molecule has 1 aliphatic heterocycles. The topological polar surface area (TPSA) is 71.2 Å². The summed E-state index contributed by atoms with van der Waals surface area (Å²) in [7, 11) is 4.14. The van der Waals surface area contributed by atoms with Gasteiger partial charge in [-0.25, -0.2) is 9.97 Å². The van der Waals surface area contributed by atoms with Crippen molar-refractivity contribution in [3.8, 4) is 11.3 Å². The lowest BCUT2D eigenvalue weighted by Gasteiger charge is -2.11. The van der Waals surface area contributed by atoms with E-state index in [1.807, 2.05) is 18.5 Å². The maximum absolute atomic E-state index is 4.60. The fourth-order valence-electron chi connectivity index (χ4n) is 2.44. The number of rotatable bonds is 6. The molecule has 2 aromatic rings. The van der Waals surface area contributed by atoms with Crippen LogP contribution in [0.15, 0.2) is 23.6 Å². The van der Waals surface area contributed by atoms with Gasteiger partial charge in [0.15, 0.2) is 0 Å². The molecule has 0 amide bonds. The maximum Gasteiger partial charge on any atom is 0.223 e. The van der Waals surface area contributed by atoms with E-state index in [2.05, 4.69) is 44.5 Å². The Bertz CT molecular complexity index is 660. The van der Waals surface area contributed by atoms with Crippen molar-refractivity contribution in [1.29, 1.82) is 0 Å². The van der Waals surface area contributed by atoms with Crippen LogP contribution in [-0.4, -0.2) is 58.2 Å². The zero-order chi connectivity index (χ0) is 15.4. The Morgan fingerprint density at radius 1 is 1.36 bits per heavy atom. The molecule has 0 saturated heterocycles. The molecule has 0 unspecified atom stereocenters. The summed E-state index contributed by atoms with van der Waals surface area (Å²) in [5.74, 6) is 0.663. The lowest BCUT2D eigenvalue weighted by atomic mass is 10.1. The molecule has 2 aromatic heterocycles. The standard InChI is InChI=1S/C15H21N7/c1-21(2)10-4-7-16-15-17-9-6-13(20-15)12-11-19-22-14(12)5-3-8-18-22/h6,8-9,11H,3-5,7,10H2,1-2H3,(H,16,17,20). The maximum atomic E-state index is 4.60. The van der Waals surface area contributed by atoms with Crippen molar-refractivity contribution in [2.45, 2.75) is 19.3 Å². The molecule has 3 rings (SSSR count). The lowest BCUT2D eigenvalue weighted by Crippen LogP contribution is -2.17. The van der Waals surface area contributed by atoms with Gasteiger partial charge in [-0.1, -0.05) is 0 Å². The van der Waals surface area contributed by atoms with Gasteiger partial charge in [-0.2, -0.15) is 15.0 Å². The zero-order valence-electron chi connectivity index (χ0n) is 13.0. The van der Waals surface area contributed by atoms with Crippen LogP contribution < -0.4 is 5.32 Å². The van der Waals surface area contributed by atoms with E-state index < -0.39 is 0 Å². The fourth-order valence-corrected chi connectivity index (χ4v) is 2.44. The Hall–Kier alpha value is -2.28. The van der Waals surface area contributed by atoms with Crippen LogP contribution in [0, 0.1) is 0 Å². The van der Waals surface area contributed by atoms with Crippen LogP contribution in [0.25, 0.3) is 11.3 Å². The summed E-state index contributed by atoms with van der Waals surface area (Å²) in [6, 6.07) is 1.92.